The highest BCUT2D eigenvalue weighted by atomic mass is 14.9. The average molecular weight is 155 g/mol. The Bertz CT molecular complexity index is 111. The van der Waals surface area contributed by atoms with Crippen molar-refractivity contribution in [3.05, 3.63) is 0 Å². The van der Waals surface area contributed by atoms with Crippen LogP contribution in [-0.4, -0.2) is 13.1 Å². The summed E-state index contributed by atoms with van der Waals surface area (Å²) in [6.07, 6.45) is 2.82. The first-order valence-electron chi connectivity index (χ1n) is 4.91. The van der Waals surface area contributed by atoms with E-state index in [9.17, 15) is 0 Å². The Morgan fingerprint density at radius 2 is 1.64 bits per heavy atom. The van der Waals surface area contributed by atoms with Crippen LogP contribution in [0.2, 0.25) is 0 Å². The Morgan fingerprint density at radius 1 is 0.909 bits per heavy atom. The van der Waals surface area contributed by atoms with Crippen LogP contribution in [0, 0.1) is 17.8 Å². The SMILES string of the molecule is CC1CCC(C)C(C)CNC1. The van der Waals surface area contributed by atoms with Gasteiger partial charge in [-0.3, -0.25) is 0 Å². The van der Waals surface area contributed by atoms with E-state index in [4.69, 9.17) is 0 Å². The van der Waals surface area contributed by atoms with Gasteiger partial charge < -0.3 is 5.32 Å². The van der Waals surface area contributed by atoms with Crippen LogP contribution < -0.4 is 5.32 Å². The summed E-state index contributed by atoms with van der Waals surface area (Å²) in [4.78, 5) is 0. The highest BCUT2D eigenvalue weighted by Crippen LogP contribution is 2.21. The molecule has 1 nitrogen and oxygen atoms in total. The van der Waals surface area contributed by atoms with Crippen molar-refractivity contribution in [1.29, 1.82) is 0 Å². The third-order valence-electron chi connectivity index (χ3n) is 3.05. The first kappa shape index (κ1) is 9.05. The lowest BCUT2D eigenvalue weighted by atomic mass is 9.87. The second-order valence-electron chi connectivity index (χ2n) is 4.30. The Labute approximate surface area is 70.6 Å². The number of rotatable bonds is 0. The standard InChI is InChI=1S/C10H21N/c1-8-4-5-9(2)10(3)7-11-6-8/h8-11H,4-7H2,1-3H3. The molecule has 3 atom stereocenters. The number of hydrogen-bond donors (Lipinski definition) is 1. The highest BCUT2D eigenvalue weighted by molar-refractivity contribution is 4.71. The molecule has 0 radical (unpaired) electrons. The molecule has 11 heavy (non-hydrogen) atoms. The van der Waals surface area contributed by atoms with Crippen molar-refractivity contribution in [3.8, 4) is 0 Å². The van der Waals surface area contributed by atoms with Crippen LogP contribution in [-0.2, 0) is 0 Å². The summed E-state index contributed by atoms with van der Waals surface area (Å²) in [6.45, 7) is 9.51. The molecule has 1 N–H and O–H groups in total. The zero-order valence-electron chi connectivity index (χ0n) is 8.06. The maximum absolute atomic E-state index is 3.52. The van der Waals surface area contributed by atoms with Crippen molar-refractivity contribution >= 4 is 0 Å². The normalized spacial score (nSPS) is 41.2. The largest absolute Gasteiger partial charge is 0.316 e. The fourth-order valence-electron chi connectivity index (χ4n) is 1.69. The molecule has 0 amide bonds. The van der Waals surface area contributed by atoms with Gasteiger partial charge in [-0.2, -0.15) is 0 Å². The van der Waals surface area contributed by atoms with Crippen LogP contribution >= 0.6 is 0 Å². The van der Waals surface area contributed by atoms with Crippen molar-refractivity contribution in [2.45, 2.75) is 33.6 Å². The maximum Gasteiger partial charge on any atom is -0.00205 e. The predicted molar refractivity (Wildman–Crippen MR) is 49.6 cm³/mol. The molecule has 1 aliphatic heterocycles. The fraction of sp³-hybridized carbons (Fsp3) is 1.00. The Morgan fingerprint density at radius 3 is 2.36 bits per heavy atom. The minimum absolute atomic E-state index is 0.863. The van der Waals surface area contributed by atoms with Crippen LogP contribution in [0.3, 0.4) is 0 Å². The smallest absolute Gasteiger partial charge is 0.00205 e. The van der Waals surface area contributed by atoms with Crippen molar-refractivity contribution in [2.75, 3.05) is 13.1 Å². The van der Waals surface area contributed by atoms with Crippen LogP contribution in [0.15, 0.2) is 0 Å². The third kappa shape index (κ3) is 2.82. The predicted octanol–water partition coefficient (Wildman–Crippen LogP) is 2.28. The lowest BCUT2D eigenvalue weighted by Gasteiger charge is -2.26. The zero-order chi connectivity index (χ0) is 8.27. The van der Waals surface area contributed by atoms with Crippen LogP contribution in [0.4, 0.5) is 0 Å². The van der Waals surface area contributed by atoms with Gasteiger partial charge in [0.25, 0.3) is 0 Å². The summed E-state index contributed by atoms with van der Waals surface area (Å²) >= 11 is 0. The molecule has 1 aliphatic rings. The Kier molecular flexibility index (Phi) is 3.38. The molecule has 0 aromatic heterocycles. The van der Waals surface area contributed by atoms with Gasteiger partial charge in [-0.05, 0) is 37.3 Å². The van der Waals surface area contributed by atoms with Gasteiger partial charge in [0.05, 0.1) is 0 Å². The summed E-state index contributed by atoms with van der Waals surface area (Å²) in [5, 5.41) is 3.52. The summed E-state index contributed by atoms with van der Waals surface area (Å²) in [5.41, 5.74) is 0. The molecule has 1 heterocycles. The lowest BCUT2D eigenvalue weighted by molar-refractivity contribution is 0.282. The van der Waals surface area contributed by atoms with Gasteiger partial charge in [-0.1, -0.05) is 27.2 Å². The van der Waals surface area contributed by atoms with Crippen molar-refractivity contribution in [3.63, 3.8) is 0 Å². The molecule has 0 bridgehead atoms. The Balaban J connectivity index is 2.34. The topological polar surface area (TPSA) is 12.0 Å². The van der Waals surface area contributed by atoms with E-state index < -0.39 is 0 Å². The van der Waals surface area contributed by atoms with E-state index in [-0.39, 0.29) is 0 Å². The lowest BCUT2D eigenvalue weighted by Crippen LogP contribution is -2.31. The molecule has 0 saturated carbocycles. The van der Waals surface area contributed by atoms with Gasteiger partial charge in [0.2, 0.25) is 0 Å². The molecule has 1 saturated heterocycles. The van der Waals surface area contributed by atoms with Gasteiger partial charge >= 0.3 is 0 Å². The van der Waals surface area contributed by atoms with Gasteiger partial charge in [-0.15, -0.1) is 0 Å². The van der Waals surface area contributed by atoms with Crippen LogP contribution in [0.5, 0.6) is 0 Å². The van der Waals surface area contributed by atoms with E-state index in [2.05, 4.69) is 26.1 Å². The maximum atomic E-state index is 3.52. The van der Waals surface area contributed by atoms with E-state index in [0.717, 1.165) is 17.8 Å². The molecule has 1 fully saturated rings. The summed E-state index contributed by atoms with van der Waals surface area (Å²) in [5.74, 6) is 2.65. The second kappa shape index (κ2) is 4.10. The van der Waals surface area contributed by atoms with Crippen LogP contribution in [0.1, 0.15) is 33.6 Å². The highest BCUT2D eigenvalue weighted by Gasteiger charge is 2.16. The molecule has 0 spiro atoms. The summed E-state index contributed by atoms with van der Waals surface area (Å²) in [7, 11) is 0. The first-order chi connectivity index (χ1) is 5.20. The van der Waals surface area contributed by atoms with Crippen molar-refractivity contribution in [1.82, 2.24) is 5.32 Å². The number of hydrogen-bond acceptors (Lipinski definition) is 1. The average Bonchev–Trinajstić information content (AvgIpc) is 1.98. The quantitative estimate of drug-likeness (QED) is 0.566. The van der Waals surface area contributed by atoms with E-state index in [0.29, 0.717) is 0 Å². The van der Waals surface area contributed by atoms with Crippen molar-refractivity contribution in [2.24, 2.45) is 17.8 Å². The molecular formula is C10H21N. The molecule has 1 rings (SSSR count). The molecule has 1 heteroatoms. The van der Waals surface area contributed by atoms with E-state index in [1.807, 2.05) is 0 Å². The minimum atomic E-state index is 0.863. The second-order valence-corrected chi connectivity index (χ2v) is 4.30. The molecule has 0 aliphatic carbocycles. The summed E-state index contributed by atoms with van der Waals surface area (Å²) in [6, 6.07) is 0. The molecule has 3 unspecified atom stereocenters. The van der Waals surface area contributed by atoms with E-state index in [1.54, 1.807) is 0 Å². The van der Waals surface area contributed by atoms with Crippen LogP contribution in [0.25, 0.3) is 0 Å². The monoisotopic (exact) mass is 155 g/mol. The molecule has 0 aromatic rings. The number of nitrogens with one attached hydrogen (secondary N) is 1. The van der Waals surface area contributed by atoms with Crippen molar-refractivity contribution < 1.29 is 0 Å². The zero-order valence-corrected chi connectivity index (χ0v) is 8.06. The summed E-state index contributed by atoms with van der Waals surface area (Å²) < 4.78 is 0. The first-order valence-corrected chi connectivity index (χ1v) is 4.91. The minimum Gasteiger partial charge on any atom is -0.316 e. The van der Waals surface area contributed by atoms with E-state index >= 15 is 0 Å². The molecular weight excluding hydrogens is 134 g/mol. The fourth-order valence-corrected chi connectivity index (χ4v) is 1.69. The third-order valence-corrected chi connectivity index (χ3v) is 3.05. The Hall–Kier alpha value is -0.0400. The van der Waals surface area contributed by atoms with E-state index in [1.165, 1.54) is 25.9 Å². The van der Waals surface area contributed by atoms with Gasteiger partial charge in [0.15, 0.2) is 0 Å². The van der Waals surface area contributed by atoms with Gasteiger partial charge in [-0.25, -0.2) is 0 Å². The molecule has 66 valence electrons. The van der Waals surface area contributed by atoms with Gasteiger partial charge in [0, 0.05) is 0 Å². The molecule has 0 aromatic carbocycles. The van der Waals surface area contributed by atoms with Gasteiger partial charge in [0.1, 0.15) is 0 Å².